The number of carbonyl (C=O) groups is 2. The monoisotopic (exact) mass is 656 g/mol. The molecule has 214 valence electrons. The van der Waals surface area contributed by atoms with Crippen LogP contribution in [0.15, 0.2) is 42.6 Å². The number of nitrogens with two attached hydrogens (primary N) is 2. The molecule has 10 nitrogen and oxygen atoms in total. The third-order valence-electron chi connectivity index (χ3n) is 5.05. The van der Waals surface area contributed by atoms with E-state index in [1.54, 1.807) is 50.2 Å². The zero-order valence-corrected chi connectivity index (χ0v) is 25.2. The van der Waals surface area contributed by atoms with Gasteiger partial charge in [-0.1, -0.05) is 82.3 Å². The molecule has 0 spiro atoms. The number of nitrogen functional groups attached to an aromatic ring is 2. The summed E-state index contributed by atoms with van der Waals surface area (Å²) in [4.78, 5) is 39.6. The Hall–Kier alpha value is -3.41. The fourth-order valence-corrected chi connectivity index (χ4v) is 4.22. The third kappa shape index (κ3) is 7.66. The van der Waals surface area contributed by atoms with Gasteiger partial charge in [0.05, 0.1) is 39.5 Å². The van der Waals surface area contributed by atoms with Crippen LogP contribution in [-0.4, -0.2) is 45.1 Å². The van der Waals surface area contributed by atoms with E-state index < -0.39 is 11.9 Å². The molecular formula is C26H21Cl5N6O4. The predicted molar refractivity (Wildman–Crippen MR) is 161 cm³/mol. The van der Waals surface area contributed by atoms with Crippen LogP contribution < -0.4 is 11.5 Å². The van der Waals surface area contributed by atoms with Gasteiger partial charge in [-0.2, -0.15) is 0 Å². The molecule has 0 aliphatic carbocycles. The average Bonchev–Trinajstić information content (AvgIpc) is 2.93. The minimum absolute atomic E-state index is 0.0391. The Labute approximate surface area is 259 Å². The first-order valence-corrected chi connectivity index (χ1v) is 13.6. The maximum atomic E-state index is 11.8. The van der Waals surface area contributed by atoms with Gasteiger partial charge < -0.3 is 20.9 Å². The van der Waals surface area contributed by atoms with Gasteiger partial charge in [0.1, 0.15) is 17.2 Å². The summed E-state index contributed by atoms with van der Waals surface area (Å²) in [6, 6.07) is 10.0. The molecule has 0 amide bonds. The Kier molecular flexibility index (Phi) is 11.3. The lowest BCUT2D eigenvalue weighted by Gasteiger charge is -2.10. The number of hydrogen-bond acceptors (Lipinski definition) is 10. The number of carbonyl (C=O) groups excluding carboxylic acids is 2. The lowest BCUT2D eigenvalue weighted by Crippen LogP contribution is -2.11. The molecule has 0 radical (unpaired) electrons. The number of anilines is 2. The Morgan fingerprint density at radius 1 is 0.732 bits per heavy atom. The second-order valence-corrected chi connectivity index (χ2v) is 9.66. The van der Waals surface area contributed by atoms with E-state index in [4.69, 9.17) is 78.9 Å². The van der Waals surface area contributed by atoms with E-state index in [9.17, 15) is 9.59 Å². The van der Waals surface area contributed by atoms with Crippen LogP contribution in [0.2, 0.25) is 25.2 Å². The molecule has 0 saturated carbocycles. The molecule has 4 N–H and O–H groups in total. The first kappa shape index (κ1) is 32.1. The molecule has 15 heteroatoms. The van der Waals surface area contributed by atoms with Gasteiger partial charge in [-0.25, -0.2) is 29.5 Å². The van der Waals surface area contributed by atoms with Crippen molar-refractivity contribution in [3.8, 4) is 22.5 Å². The van der Waals surface area contributed by atoms with Crippen molar-refractivity contribution < 1.29 is 19.1 Å². The van der Waals surface area contributed by atoms with Gasteiger partial charge in [0.15, 0.2) is 22.4 Å². The highest BCUT2D eigenvalue weighted by atomic mass is 35.5. The van der Waals surface area contributed by atoms with Crippen molar-refractivity contribution in [3.05, 3.63) is 79.2 Å². The second-order valence-electron chi connectivity index (χ2n) is 7.73. The summed E-state index contributed by atoms with van der Waals surface area (Å²) >= 11 is 30.0. The molecule has 0 aliphatic rings. The van der Waals surface area contributed by atoms with Gasteiger partial charge in [0.2, 0.25) is 0 Å². The molecule has 4 aromatic rings. The van der Waals surface area contributed by atoms with Gasteiger partial charge in [-0.05, 0) is 26.0 Å². The molecule has 0 unspecified atom stereocenters. The quantitative estimate of drug-likeness (QED) is 0.205. The number of hydrogen-bond donors (Lipinski definition) is 2. The van der Waals surface area contributed by atoms with Crippen LogP contribution in [0.1, 0.15) is 34.8 Å². The Bertz CT molecular complexity index is 1610. The van der Waals surface area contributed by atoms with E-state index in [0.717, 1.165) is 0 Å². The molecule has 4 rings (SSSR count). The van der Waals surface area contributed by atoms with Crippen LogP contribution >= 0.6 is 58.0 Å². The summed E-state index contributed by atoms with van der Waals surface area (Å²) in [6.07, 6.45) is 1.26. The van der Waals surface area contributed by atoms with Gasteiger partial charge in [0, 0.05) is 11.1 Å². The zero-order valence-electron chi connectivity index (χ0n) is 21.4. The molecule has 0 fully saturated rings. The minimum Gasteiger partial charge on any atom is -0.461 e. The topological polar surface area (TPSA) is 156 Å². The van der Waals surface area contributed by atoms with Crippen molar-refractivity contribution in [1.29, 1.82) is 0 Å². The molecule has 0 bridgehead atoms. The van der Waals surface area contributed by atoms with E-state index in [-0.39, 0.29) is 52.1 Å². The highest BCUT2D eigenvalue weighted by Crippen LogP contribution is 2.36. The number of aromatic nitrogens is 4. The van der Waals surface area contributed by atoms with Crippen LogP contribution in [0.3, 0.4) is 0 Å². The van der Waals surface area contributed by atoms with E-state index in [2.05, 4.69) is 19.9 Å². The second kappa shape index (κ2) is 14.5. The summed E-state index contributed by atoms with van der Waals surface area (Å²) in [6.45, 7) is 3.81. The summed E-state index contributed by atoms with van der Waals surface area (Å²) in [5.74, 6) is -1.06. The normalized spacial score (nSPS) is 10.4. The van der Waals surface area contributed by atoms with E-state index in [0.29, 0.717) is 31.9 Å². The summed E-state index contributed by atoms with van der Waals surface area (Å²) < 4.78 is 9.74. The summed E-state index contributed by atoms with van der Waals surface area (Å²) in [5.41, 5.74) is 13.0. The Morgan fingerprint density at radius 3 is 1.78 bits per heavy atom. The van der Waals surface area contributed by atoms with Crippen molar-refractivity contribution in [2.45, 2.75) is 13.8 Å². The molecule has 0 atom stereocenters. The van der Waals surface area contributed by atoms with Crippen molar-refractivity contribution in [1.82, 2.24) is 19.9 Å². The van der Waals surface area contributed by atoms with Gasteiger partial charge in [-0.3, -0.25) is 0 Å². The van der Waals surface area contributed by atoms with E-state index in [1.165, 1.54) is 6.20 Å². The number of rotatable bonds is 6. The number of ether oxygens (including phenoxy) is 2. The van der Waals surface area contributed by atoms with E-state index in [1.807, 2.05) is 0 Å². The molecule has 0 aliphatic heterocycles. The van der Waals surface area contributed by atoms with Crippen LogP contribution in [-0.2, 0) is 9.47 Å². The number of esters is 2. The first-order chi connectivity index (χ1) is 19.5. The van der Waals surface area contributed by atoms with Crippen LogP contribution in [0.25, 0.3) is 22.5 Å². The predicted octanol–water partition coefficient (Wildman–Crippen LogP) is 7.07. The number of halogens is 5. The lowest BCUT2D eigenvalue weighted by molar-refractivity contribution is 0.0509. The van der Waals surface area contributed by atoms with Crippen molar-refractivity contribution >= 4 is 81.6 Å². The smallest absolute Gasteiger partial charge is 0.360 e. The minimum atomic E-state index is -0.686. The fourth-order valence-electron chi connectivity index (χ4n) is 3.23. The fraction of sp³-hybridized carbons (Fsp3) is 0.154. The SMILES string of the molecule is CCOC(=O)c1cnc(N)c(-c2cccc(Cl)c2Cl)n1.CCOC(=O)c1nc(-c2cccc(Cl)c2Cl)c(N)nc1Cl. The molecule has 2 aromatic carbocycles. The van der Waals surface area contributed by atoms with Crippen LogP contribution in [0.4, 0.5) is 11.6 Å². The summed E-state index contributed by atoms with van der Waals surface area (Å²) in [5, 5.41) is 1.14. The van der Waals surface area contributed by atoms with Gasteiger partial charge in [0.25, 0.3) is 0 Å². The van der Waals surface area contributed by atoms with Crippen molar-refractivity contribution in [2.24, 2.45) is 0 Å². The van der Waals surface area contributed by atoms with Crippen molar-refractivity contribution in [2.75, 3.05) is 24.7 Å². The summed E-state index contributed by atoms with van der Waals surface area (Å²) in [7, 11) is 0. The lowest BCUT2D eigenvalue weighted by atomic mass is 10.1. The van der Waals surface area contributed by atoms with Gasteiger partial charge >= 0.3 is 11.9 Å². The maximum absolute atomic E-state index is 11.8. The Balaban J connectivity index is 0.000000226. The number of nitrogens with zero attached hydrogens (tertiary/aromatic N) is 4. The third-order valence-corrected chi connectivity index (χ3v) is 6.95. The van der Waals surface area contributed by atoms with Crippen LogP contribution in [0, 0.1) is 0 Å². The molecule has 2 aromatic heterocycles. The largest absolute Gasteiger partial charge is 0.461 e. The average molecular weight is 659 g/mol. The highest BCUT2D eigenvalue weighted by Gasteiger charge is 2.21. The molecule has 0 saturated heterocycles. The van der Waals surface area contributed by atoms with E-state index >= 15 is 0 Å². The van der Waals surface area contributed by atoms with Crippen molar-refractivity contribution in [3.63, 3.8) is 0 Å². The number of benzene rings is 2. The Morgan fingerprint density at radius 2 is 1.24 bits per heavy atom. The zero-order chi connectivity index (χ0) is 30.3. The standard InChI is InChI=1S/C13H10Cl3N3O2.C13H11Cl2N3O2/c1-2-21-13(20)10-11(16)19-12(17)9(18-10)6-4-3-5-7(14)8(6)15;1-2-20-13(19)9-6-17-12(16)11(18-9)7-4-3-5-8(14)10(7)15/h3-5H,2H2,1H3,(H2,17,19);3-6H,2H2,1H3,(H2,16,17). The molecule has 41 heavy (non-hydrogen) atoms. The highest BCUT2D eigenvalue weighted by molar-refractivity contribution is 6.44. The molecular weight excluding hydrogens is 638 g/mol. The maximum Gasteiger partial charge on any atom is 0.360 e. The van der Waals surface area contributed by atoms with Crippen LogP contribution in [0.5, 0.6) is 0 Å². The first-order valence-electron chi connectivity index (χ1n) is 11.7. The van der Waals surface area contributed by atoms with Gasteiger partial charge in [-0.15, -0.1) is 0 Å². The molecule has 2 heterocycles.